The van der Waals surface area contributed by atoms with Gasteiger partial charge in [-0.3, -0.25) is 9.59 Å². The van der Waals surface area contributed by atoms with Gasteiger partial charge in [-0.2, -0.15) is 0 Å². The summed E-state index contributed by atoms with van der Waals surface area (Å²) in [5, 5.41) is 0. The number of amides is 1. The van der Waals surface area contributed by atoms with E-state index in [1.807, 2.05) is 24.3 Å². The Kier molecular flexibility index (Phi) is 3.42. The van der Waals surface area contributed by atoms with Gasteiger partial charge in [-0.15, -0.1) is 0 Å². The first-order valence-corrected chi connectivity index (χ1v) is 5.76. The number of ether oxygens (including phenoxy) is 1. The molecule has 0 aromatic heterocycles. The molecular formula is C13H15NO3. The predicted octanol–water partition coefficient (Wildman–Crippen LogP) is 1.53. The summed E-state index contributed by atoms with van der Waals surface area (Å²) in [6, 6.07) is 7.66. The molecule has 4 heteroatoms. The molecule has 4 nitrogen and oxygen atoms in total. The van der Waals surface area contributed by atoms with Gasteiger partial charge in [0.15, 0.2) is 0 Å². The fraction of sp³-hybridized carbons (Fsp3) is 0.385. The van der Waals surface area contributed by atoms with Crippen molar-refractivity contribution in [3.8, 4) is 0 Å². The maximum Gasteiger partial charge on any atom is 0.326 e. The molecule has 0 fully saturated rings. The van der Waals surface area contributed by atoms with Crippen molar-refractivity contribution in [2.24, 2.45) is 0 Å². The van der Waals surface area contributed by atoms with E-state index in [2.05, 4.69) is 0 Å². The Morgan fingerprint density at radius 2 is 2.12 bits per heavy atom. The van der Waals surface area contributed by atoms with Crippen LogP contribution < -0.4 is 4.90 Å². The number of carbonyl (C=O) groups excluding carboxylic acids is 2. The Morgan fingerprint density at radius 1 is 1.35 bits per heavy atom. The third-order valence-corrected chi connectivity index (χ3v) is 2.78. The van der Waals surface area contributed by atoms with Crippen LogP contribution in [0.2, 0.25) is 0 Å². The van der Waals surface area contributed by atoms with E-state index in [0.717, 1.165) is 17.7 Å². The highest BCUT2D eigenvalue weighted by atomic mass is 16.5. The first-order valence-electron chi connectivity index (χ1n) is 5.76. The minimum absolute atomic E-state index is 0.00366. The fourth-order valence-electron chi connectivity index (χ4n) is 2.01. The minimum Gasteiger partial charge on any atom is -0.465 e. The lowest BCUT2D eigenvalue weighted by Crippen LogP contribution is -2.39. The number of esters is 1. The third kappa shape index (κ3) is 2.46. The second-order valence-electron chi connectivity index (χ2n) is 3.91. The lowest BCUT2D eigenvalue weighted by atomic mass is 10.0. The predicted molar refractivity (Wildman–Crippen MR) is 63.7 cm³/mol. The summed E-state index contributed by atoms with van der Waals surface area (Å²) in [5.41, 5.74) is 1.94. The average molecular weight is 233 g/mol. The molecule has 0 saturated heterocycles. The van der Waals surface area contributed by atoms with Gasteiger partial charge in [0.2, 0.25) is 5.91 Å². The lowest BCUT2D eigenvalue weighted by Gasteiger charge is -2.28. The van der Waals surface area contributed by atoms with Gasteiger partial charge in [-0.1, -0.05) is 18.2 Å². The summed E-state index contributed by atoms with van der Waals surface area (Å²) in [7, 11) is 0. The maximum atomic E-state index is 11.8. The van der Waals surface area contributed by atoms with Crippen LogP contribution in [-0.2, 0) is 20.7 Å². The second-order valence-corrected chi connectivity index (χ2v) is 3.91. The smallest absolute Gasteiger partial charge is 0.326 e. The summed E-state index contributed by atoms with van der Waals surface area (Å²) in [6.45, 7) is 2.09. The number of aryl methyl sites for hydroxylation is 1. The van der Waals surface area contributed by atoms with Crippen molar-refractivity contribution in [3.63, 3.8) is 0 Å². The number of para-hydroxylation sites is 1. The molecule has 0 saturated carbocycles. The van der Waals surface area contributed by atoms with Crippen molar-refractivity contribution < 1.29 is 14.3 Å². The van der Waals surface area contributed by atoms with Gasteiger partial charge in [0.25, 0.3) is 0 Å². The van der Waals surface area contributed by atoms with Crippen LogP contribution in [0.4, 0.5) is 5.69 Å². The van der Waals surface area contributed by atoms with Gasteiger partial charge >= 0.3 is 5.97 Å². The molecule has 0 N–H and O–H groups in total. The van der Waals surface area contributed by atoms with Crippen molar-refractivity contribution in [2.75, 3.05) is 18.1 Å². The largest absolute Gasteiger partial charge is 0.465 e. The van der Waals surface area contributed by atoms with E-state index < -0.39 is 0 Å². The van der Waals surface area contributed by atoms with E-state index in [1.165, 1.54) is 4.90 Å². The minimum atomic E-state index is -0.363. The van der Waals surface area contributed by atoms with Gasteiger partial charge in [0.1, 0.15) is 6.54 Å². The molecule has 2 rings (SSSR count). The molecular weight excluding hydrogens is 218 g/mol. The average Bonchev–Trinajstić information content (AvgIpc) is 2.33. The van der Waals surface area contributed by atoms with Crippen molar-refractivity contribution in [2.45, 2.75) is 19.8 Å². The Morgan fingerprint density at radius 3 is 2.88 bits per heavy atom. The summed E-state index contributed by atoms with van der Waals surface area (Å²) in [6.07, 6.45) is 1.20. The molecule has 1 amide bonds. The van der Waals surface area contributed by atoms with E-state index in [9.17, 15) is 9.59 Å². The summed E-state index contributed by atoms with van der Waals surface area (Å²) < 4.78 is 4.88. The first kappa shape index (κ1) is 11.6. The van der Waals surface area contributed by atoms with Crippen LogP contribution in [0.25, 0.3) is 0 Å². The number of rotatable bonds is 3. The van der Waals surface area contributed by atoms with Crippen LogP contribution in [0.5, 0.6) is 0 Å². The molecule has 90 valence electrons. The zero-order valence-corrected chi connectivity index (χ0v) is 9.81. The quantitative estimate of drug-likeness (QED) is 0.744. The molecule has 1 aliphatic heterocycles. The Bertz CT molecular complexity index is 442. The fourth-order valence-corrected chi connectivity index (χ4v) is 2.01. The molecule has 1 aromatic carbocycles. The number of hydrogen-bond acceptors (Lipinski definition) is 3. The Labute approximate surface area is 100 Å². The van der Waals surface area contributed by atoms with Crippen molar-refractivity contribution in [3.05, 3.63) is 29.8 Å². The van der Waals surface area contributed by atoms with Gasteiger partial charge in [-0.05, 0) is 25.0 Å². The SMILES string of the molecule is CCOC(=O)CN1C(=O)CCc2ccccc21. The van der Waals surface area contributed by atoms with Crippen LogP contribution in [0.3, 0.4) is 0 Å². The molecule has 0 unspecified atom stereocenters. The van der Waals surface area contributed by atoms with Gasteiger partial charge in [-0.25, -0.2) is 0 Å². The number of carbonyl (C=O) groups is 2. The van der Waals surface area contributed by atoms with Crippen LogP contribution in [0.15, 0.2) is 24.3 Å². The molecule has 1 aromatic rings. The molecule has 0 spiro atoms. The van der Waals surface area contributed by atoms with Gasteiger partial charge in [0, 0.05) is 12.1 Å². The van der Waals surface area contributed by atoms with Crippen molar-refractivity contribution >= 4 is 17.6 Å². The van der Waals surface area contributed by atoms with E-state index in [0.29, 0.717) is 13.0 Å². The first-order chi connectivity index (χ1) is 8.22. The second kappa shape index (κ2) is 4.99. The molecule has 0 aliphatic carbocycles. The number of fused-ring (bicyclic) bond motifs is 1. The van der Waals surface area contributed by atoms with Crippen molar-refractivity contribution in [1.29, 1.82) is 0 Å². The van der Waals surface area contributed by atoms with Crippen LogP contribution in [-0.4, -0.2) is 25.0 Å². The molecule has 0 bridgehead atoms. The molecule has 0 atom stereocenters. The van der Waals surface area contributed by atoms with Crippen molar-refractivity contribution in [1.82, 2.24) is 0 Å². The standard InChI is InChI=1S/C13H15NO3/c1-2-17-13(16)9-14-11-6-4-3-5-10(11)7-8-12(14)15/h3-6H,2,7-9H2,1H3. The van der Waals surface area contributed by atoms with Crippen LogP contribution in [0, 0.1) is 0 Å². The highest BCUT2D eigenvalue weighted by Gasteiger charge is 2.25. The normalized spacial score (nSPS) is 14.4. The van der Waals surface area contributed by atoms with Gasteiger partial charge in [0.05, 0.1) is 6.61 Å². The van der Waals surface area contributed by atoms with E-state index in [1.54, 1.807) is 6.92 Å². The highest BCUT2D eigenvalue weighted by Crippen LogP contribution is 2.27. The molecule has 1 heterocycles. The topological polar surface area (TPSA) is 46.6 Å². The molecule has 17 heavy (non-hydrogen) atoms. The number of nitrogens with zero attached hydrogens (tertiary/aromatic N) is 1. The van der Waals surface area contributed by atoms with Crippen LogP contribution in [0.1, 0.15) is 18.9 Å². The van der Waals surface area contributed by atoms with Gasteiger partial charge < -0.3 is 9.64 Å². The van der Waals surface area contributed by atoms with E-state index in [4.69, 9.17) is 4.74 Å². The molecule has 0 radical (unpaired) electrons. The number of benzene rings is 1. The highest BCUT2D eigenvalue weighted by molar-refractivity contribution is 6.00. The number of hydrogen-bond donors (Lipinski definition) is 0. The Hall–Kier alpha value is -1.84. The molecule has 1 aliphatic rings. The summed E-state index contributed by atoms with van der Waals surface area (Å²) >= 11 is 0. The van der Waals surface area contributed by atoms with E-state index >= 15 is 0 Å². The third-order valence-electron chi connectivity index (χ3n) is 2.78. The summed E-state index contributed by atoms with van der Waals surface area (Å²) in [4.78, 5) is 24.8. The zero-order valence-electron chi connectivity index (χ0n) is 9.81. The monoisotopic (exact) mass is 233 g/mol. The lowest BCUT2D eigenvalue weighted by molar-refractivity contribution is -0.142. The van der Waals surface area contributed by atoms with Crippen LogP contribution >= 0.6 is 0 Å². The zero-order chi connectivity index (χ0) is 12.3. The summed E-state index contributed by atoms with van der Waals surface area (Å²) in [5.74, 6) is -0.380. The number of anilines is 1. The maximum absolute atomic E-state index is 11.8. The van der Waals surface area contributed by atoms with E-state index in [-0.39, 0.29) is 18.4 Å². The Balaban J connectivity index is 2.21.